The summed E-state index contributed by atoms with van der Waals surface area (Å²) in [6.45, 7) is 1.63. The van der Waals surface area contributed by atoms with Gasteiger partial charge in [-0.25, -0.2) is 13.2 Å². The summed E-state index contributed by atoms with van der Waals surface area (Å²) in [5.74, 6) is -1.24. The van der Waals surface area contributed by atoms with Crippen LogP contribution in [0.4, 0.5) is 5.69 Å². The largest absolute Gasteiger partial charge is 0.477 e. The molecule has 6 nitrogen and oxygen atoms in total. The number of anilines is 1. The van der Waals surface area contributed by atoms with Crippen LogP contribution in [0.15, 0.2) is 22.4 Å². The number of nitrogens with one attached hydrogen (secondary N) is 2. The lowest BCUT2D eigenvalue weighted by atomic mass is 10.4. The number of thiophene rings is 1. The van der Waals surface area contributed by atoms with Gasteiger partial charge < -0.3 is 10.1 Å². The predicted molar refractivity (Wildman–Crippen MR) is 72.6 cm³/mol. The van der Waals surface area contributed by atoms with Crippen molar-refractivity contribution in [3.05, 3.63) is 33.9 Å². The third-order valence-corrected chi connectivity index (χ3v) is 5.31. The van der Waals surface area contributed by atoms with Crippen LogP contribution in [0.1, 0.15) is 16.2 Å². The molecule has 2 heterocycles. The number of aromatic carboxylic acids is 1. The van der Waals surface area contributed by atoms with E-state index in [2.05, 4.69) is 9.71 Å². The fourth-order valence-corrected chi connectivity index (χ4v) is 4.02. The molecule has 0 amide bonds. The third kappa shape index (κ3) is 2.91. The van der Waals surface area contributed by atoms with Crippen molar-refractivity contribution in [2.24, 2.45) is 0 Å². The van der Waals surface area contributed by atoms with Crippen molar-refractivity contribution in [1.82, 2.24) is 4.98 Å². The molecular weight excluding hydrogens is 312 g/mol. The molecule has 2 aromatic rings. The van der Waals surface area contributed by atoms with Gasteiger partial charge in [0.1, 0.15) is 9.90 Å². The van der Waals surface area contributed by atoms with E-state index in [4.69, 9.17) is 16.7 Å². The average molecular weight is 321 g/mol. The van der Waals surface area contributed by atoms with E-state index in [0.29, 0.717) is 10.0 Å². The Morgan fingerprint density at radius 1 is 1.47 bits per heavy atom. The molecule has 0 aliphatic rings. The van der Waals surface area contributed by atoms with E-state index in [1.165, 1.54) is 18.2 Å². The topological polar surface area (TPSA) is 99.3 Å². The molecule has 3 N–H and O–H groups in total. The van der Waals surface area contributed by atoms with Crippen LogP contribution in [0, 0.1) is 6.92 Å². The van der Waals surface area contributed by atoms with Crippen LogP contribution in [0.25, 0.3) is 0 Å². The Hall–Kier alpha value is -1.51. The maximum Gasteiger partial charge on any atom is 0.354 e. The van der Waals surface area contributed by atoms with Crippen molar-refractivity contribution in [2.45, 2.75) is 11.1 Å². The molecule has 2 rings (SSSR count). The Balaban J connectivity index is 2.38. The van der Waals surface area contributed by atoms with Gasteiger partial charge in [0.05, 0.1) is 10.0 Å². The minimum atomic E-state index is -3.83. The summed E-state index contributed by atoms with van der Waals surface area (Å²) < 4.78 is 26.7. The zero-order valence-corrected chi connectivity index (χ0v) is 12.0. The van der Waals surface area contributed by atoms with Crippen molar-refractivity contribution in [2.75, 3.05) is 4.72 Å². The van der Waals surface area contributed by atoms with Gasteiger partial charge in [0.25, 0.3) is 10.0 Å². The quantitative estimate of drug-likeness (QED) is 0.806. The van der Waals surface area contributed by atoms with Gasteiger partial charge in [0.2, 0.25) is 0 Å². The van der Waals surface area contributed by atoms with Gasteiger partial charge in [-0.05, 0) is 25.1 Å². The lowest BCUT2D eigenvalue weighted by Gasteiger charge is -2.04. The standard InChI is InChI=1S/C10H9ClN2O4S2/c1-5-4-6(9(12-5)10(14)15)13-19(16,17)8-3-2-7(11)18-8/h2-4,12-13H,1H3,(H,14,15). The summed E-state index contributed by atoms with van der Waals surface area (Å²) in [7, 11) is -3.83. The Morgan fingerprint density at radius 2 is 2.16 bits per heavy atom. The summed E-state index contributed by atoms with van der Waals surface area (Å²) in [5.41, 5.74) is 0.331. The fraction of sp³-hybridized carbons (Fsp3) is 0.100. The van der Waals surface area contributed by atoms with Gasteiger partial charge in [-0.1, -0.05) is 11.6 Å². The first kappa shape index (κ1) is 13.9. The van der Waals surface area contributed by atoms with Crippen molar-refractivity contribution < 1.29 is 18.3 Å². The van der Waals surface area contributed by atoms with Gasteiger partial charge in [0, 0.05) is 5.69 Å². The van der Waals surface area contributed by atoms with E-state index in [1.807, 2.05) is 0 Å². The summed E-state index contributed by atoms with van der Waals surface area (Å²) in [6, 6.07) is 4.23. The molecule has 0 aliphatic heterocycles. The second-order valence-corrected chi connectivity index (χ2v) is 7.33. The van der Waals surface area contributed by atoms with Gasteiger partial charge in [-0.3, -0.25) is 4.72 Å². The van der Waals surface area contributed by atoms with Crippen LogP contribution in [0.3, 0.4) is 0 Å². The van der Waals surface area contributed by atoms with Crippen molar-refractivity contribution in [3.8, 4) is 0 Å². The van der Waals surface area contributed by atoms with Crippen molar-refractivity contribution >= 4 is 44.6 Å². The van der Waals surface area contributed by atoms with Gasteiger partial charge >= 0.3 is 5.97 Å². The number of rotatable bonds is 4. The highest BCUT2D eigenvalue weighted by molar-refractivity contribution is 7.94. The average Bonchev–Trinajstić information content (AvgIpc) is 2.85. The number of carboxylic acid groups (broad SMARTS) is 1. The summed E-state index contributed by atoms with van der Waals surface area (Å²) >= 11 is 6.57. The normalized spacial score (nSPS) is 11.5. The highest BCUT2D eigenvalue weighted by Gasteiger charge is 2.21. The molecule has 19 heavy (non-hydrogen) atoms. The second-order valence-electron chi connectivity index (χ2n) is 3.71. The van der Waals surface area contributed by atoms with Crippen LogP contribution in [-0.2, 0) is 10.0 Å². The molecule has 9 heteroatoms. The maximum atomic E-state index is 12.0. The van der Waals surface area contributed by atoms with E-state index >= 15 is 0 Å². The van der Waals surface area contributed by atoms with E-state index < -0.39 is 16.0 Å². The minimum Gasteiger partial charge on any atom is -0.477 e. The molecule has 0 fully saturated rings. The third-order valence-electron chi connectivity index (χ3n) is 2.22. The van der Waals surface area contributed by atoms with Crippen LogP contribution in [0.2, 0.25) is 4.34 Å². The van der Waals surface area contributed by atoms with Crippen LogP contribution < -0.4 is 4.72 Å². The number of hydrogen-bond donors (Lipinski definition) is 3. The first-order valence-electron chi connectivity index (χ1n) is 5.00. The van der Waals surface area contributed by atoms with E-state index in [-0.39, 0.29) is 15.6 Å². The van der Waals surface area contributed by atoms with E-state index in [1.54, 1.807) is 6.92 Å². The summed E-state index contributed by atoms with van der Waals surface area (Å²) in [4.78, 5) is 13.6. The van der Waals surface area contributed by atoms with Gasteiger partial charge in [0.15, 0.2) is 0 Å². The van der Waals surface area contributed by atoms with Gasteiger partial charge in [-0.2, -0.15) is 0 Å². The molecule has 0 aromatic carbocycles. The van der Waals surface area contributed by atoms with E-state index in [9.17, 15) is 13.2 Å². The molecule has 0 spiro atoms. The first-order chi connectivity index (χ1) is 8.79. The molecule has 0 unspecified atom stereocenters. The fourth-order valence-electron chi connectivity index (χ4n) is 1.48. The van der Waals surface area contributed by atoms with Crippen LogP contribution in [-0.4, -0.2) is 24.5 Å². The lowest BCUT2D eigenvalue weighted by Crippen LogP contribution is -2.13. The zero-order chi connectivity index (χ0) is 14.2. The molecule has 0 radical (unpaired) electrons. The number of hydrogen-bond acceptors (Lipinski definition) is 4. The molecule has 102 valence electrons. The van der Waals surface area contributed by atoms with Crippen LogP contribution >= 0.6 is 22.9 Å². The molecule has 0 atom stereocenters. The first-order valence-corrected chi connectivity index (χ1v) is 7.68. The number of aromatic nitrogens is 1. The number of carboxylic acids is 1. The highest BCUT2D eigenvalue weighted by atomic mass is 35.5. The van der Waals surface area contributed by atoms with Crippen LogP contribution in [0.5, 0.6) is 0 Å². The van der Waals surface area contributed by atoms with Gasteiger partial charge in [-0.15, -0.1) is 11.3 Å². The smallest absolute Gasteiger partial charge is 0.354 e. The zero-order valence-electron chi connectivity index (χ0n) is 9.60. The SMILES string of the molecule is Cc1cc(NS(=O)(=O)c2ccc(Cl)s2)c(C(=O)O)[nH]1. The molecular formula is C10H9ClN2O4S2. The summed E-state index contributed by atoms with van der Waals surface area (Å²) in [6.07, 6.45) is 0. The lowest BCUT2D eigenvalue weighted by molar-refractivity contribution is 0.0692. The Bertz CT molecular complexity index is 733. The molecule has 0 bridgehead atoms. The number of aryl methyl sites for hydroxylation is 1. The number of halogens is 1. The molecule has 0 saturated carbocycles. The Kier molecular flexibility index (Phi) is 3.57. The highest BCUT2D eigenvalue weighted by Crippen LogP contribution is 2.28. The number of aromatic amines is 1. The number of sulfonamides is 1. The van der Waals surface area contributed by atoms with Crippen molar-refractivity contribution in [1.29, 1.82) is 0 Å². The molecule has 0 aliphatic carbocycles. The molecule has 0 saturated heterocycles. The summed E-state index contributed by atoms with van der Waals surface area (Å²) in [5, 5.41) is 8.97. The Labute approximate surface area is 118 Å². The maximum absolute atomic E-state index is 12.0. The minimum absolute atomic E-state index is 0.00507. The van der Waals surface area contributed by atoms with Crippen molar-refractivity contribution in [3.63, 3.8) is 0 Å². The number of carbonyl (C=O) groups is 1. The predicted octanol–water partition coefficient (Wildman–Crippen LogP) is 2.54. The Morgan fingerprint density at radius 3 is 2.68 bits per heavy atom. The molecule has 2 aromatic heterocycles. The van der Waals surface area contributed by atoms with E-state index in [0.717, 1.165) is 11.3 Å². The monoisotopic (exact) mass is 320 g/mol. The number of H-pyrrole nitrogens is 1. The second kappa shape index (κ2) is 4.87.